The second kappa shape index (κ2) is 7.06. The summed E-state index contributed by atoms with van der Waals surface area (Å²) in [6, 6.07) is 12.6. The molecule has 0 spiro atoms. The Morgan fingerprint density at radius 2 is 2.15 bits per heavy atom. The zero-order valence-corrected chi connectivity index (χ0v) is 11.8. The average molecular weight is 272 g/mol. The van der Waals surface area contributed by atoms with Crippen molar-refractivity contribution in [2.45, 2.75) is 19.4 Å². The predicted molar refractivity (Wildman–Crippen MR) is 75.6 cm³/mol. The highest BCUT2D eigenvalue weighted by molar-refractivity contribution is 5.69. The van der Waals surface area contributed by atoms with E-state index in [1.807, 2.05) is 18.2 Å². The molecular formula is C16H20N2O2. The van der Waals surface area contributed by atoms with Crippen LogP contribution in [-0.4, -0.2) is 31.1 Å². The zero-order chi connectivity index (χ0) is 14.4. The molecule has 1 aromatic carbocycles. The lowest BCUT2D eigenvalue weighted by molar-refractivity contribution is -0.140. The SMILES string of the molecule is COC(=O)CCC1CN(Cc2ccccc2)CC1C#N. The molecular weight excluding hydrogens is 252 g/mol. The fourth-order valence-electron chi connectivity index (χ4n) is 2.78. The number of hydrogen-bond donors (Lipinski definition) is 0. The topological polar surface area (TPSA) is 53.3 Å². The van der Waals surface area contributed by atoms with Gasteiger partial charge in [-0.3, -0.25) is 9.69 Å². The number of esters is 1. The van der Waals surface area contributed by atoms with Crippen LogP contribution in [0.5, 0.6) is 0 Å². The first-order valence-electron chi connectivity index (χ1n) is 6.95. The van der Waals surface area contributed by atoms with Crippen molar-refractivity contribution >= 4 is 5.97 Å². The highest BCUT2D eigenvalue weighted by Crippen LogP contribution is 2.28. The summed E-state index contributed by atoms with van der Waals surface area (Å²) in [5.74, 6) is 0.0920. The van der Waals surface area contributed by atoms with E-state index in [-0.39, 0.29) is 17.8 Å². The number of methoxy groups -OCH3 is 1. The van der Waals surface area contributed by atoms with Gasteiger partial charge in [-0.15, -0.1) is 0 Å². The van der Waals surface area contributed by atoms with Gasteiger partial charge in [0.1, 0.15) is 0 Å². The Bertz CT molecular complexity index is 481. The van der Waals surface area contributed by atoms with Gasteiger partial charge in [-0.05, 0) is 17.9 Å². The smallest absolute Gasteiger partial charge is 0.305 e. The van der Waals surface area contributed by atoms with Crippen LogP contribution in [-0.2, 0) is 16.1 Å². The van der Waals surface area contributed by atoms with Crippen LogP contribution in [0, 0.1) is 23.2 Å². The molecule has 0 amide bonds. The number of nitriles is 1. The van der Waals surface area contributed by atoms with Gasteiger partial charge in [-0.1, -0.05) is 30.3 Å². The molecule has 4 nitrogen and oxygen atoms in total. The van der Waals surface area contributed by atoms with Gasteiger partial charge in [-0.2, -0.15) is 5.26 Å². The Labute approximate surface area is 120 Å². The standard InChI is InChI=1S/C16H20N2O2/c1-20-16(19)8-7-14-11-18(12-15(14)9-17)10-13-5-3-2-4-6-13/h2-6,14-15H,7-8,10-12H2,1H3. The van der Waals surface area contributed by atoms with Gasteiger partial charge in [0.25, 0.3) is 0 Å². The quantitative estimate of drug-likeness (QED) is 0.771. The fraction of sp³-hybridized carbons (Fsp3) is 0.500. The molecule has 0 bridgehead atoms. The third kappa shape index (κ3) is 3.82. The van der Waals surface area contributed by atoms with Gasteiger partial charge in [0.2, 0.25) is 0 Å². The number of likely N-dealkylation sites (tertiary alicyclic amines) is 1. The van der Waals surface area contributed by atoms with Crippen LogP contribution in [0.15, 0.2) is 30.3 Å². The number of carbonyl (C=O) groups excluding carboxylic acids is 1. The van der Waals surface area contributed by atoms with E-state index in [9.17, 15) is 10.1 Å². The highest BCUT2D eigenvalue weighted by atomic mass is 16.5. The molecule has 0 aromatic heterocycles. The summed E-state index contributed by atoms with van der Waals surface area (Å²) < 4.78 is 4.67. The second-order valence-corrected chi connectivity index (χ2v) is 5.29. The van der Waals surface area contributed by atoms with E-state index >= 15 is 0 Å². The number of rotatable bonds is 5. The first-order valence-corrected chi connectivity index (χ1v) is 6.95. The van der Waals surface area contributed by atoms with Gasteiger partial charge in [0, 0.05) is 26.1 Å². The van der Waals surface area contributed by atoms with E-state index < -0.39 is 0 Å². The van der Waals surface area contributed by atoms with E-state index in [1.165, 1.54) is 12.7 Å². The lowest BCUT2D eigenvalue weighted by Gasteiger charge is -2.15. The maximum atomic E-state index is 11.2. The summed E-state index contributed by atoms with van der Waals surface area (Å²) >= 11 is 0. The second-order valence-electron chi connectivity index (χ2n) is 5.29. The lowest BCUT2D eigenvalue weighted by Crippen LogP contribution is -2.20. The van der Waals surface area contributed by atoms with Crippen molar-refractivity contribution < 1.29 is 9.53 Å². The number of ether oxygens (including phenoxy) is 1. The van der Waals surface area contributed by atoms with Crippen LogP contribution in [0.2, 0.25) is 0 Å². The molecule has 1 heterocycles. The van der Waals surface area contributed by atoms with Crippen LogP contribution >= 0.6 is 0 Å². The molecule has 2 atom stereocenters. The van der Waals surface area contributed by atoms with E-state index in [4.69, 9.17) is 0 Å². The zero-order valence-electron chi connectivity index (χ0n) is 11.8. The summed E-state index contributed by atoms with van der Waals surface area (Å²) in [7, 11) is 1.40. The van der Waals surface area contributed by atoms with Crippen LogP contribution in [0.25, 0.3) is 0 Å². The Kier molecular flexibility index (Phi) is 5.14. The van der Waals surface area contributed by atoms with Gasteiger partial charge in [0.05, 0.1) is 19.1 Å². The fourth-order valence-corrected chi connectivity index (χ4v) is 2.78. The van der Waals surface area contributed by atoms with Gasteiger partial charge in [0.15, 0.2) is 0 Å². The molecule has 1 saturated heterocycles. The normalized spacial score (nSPS) is 22.4. The Morgan fingerprint density at radius 3 is 2.80 bits per heavy atom. The molecule has 1 aromatic rings. The molecule has 2 rings (SSSR count). The predicted octanol–water partition coefficient (Wildman–Crippen LogP) is 2.21. The van der Waals surface area contributed by atoms with Crippen molar-refractivity contribution in [3.63, 3.8) is 0 Å². The van der Waals surface area contributed by atoms with Crippen LogP contribution in [0.4, 0.5) is 0 Å². The van der Waals surface area contributed by atoms with Crippen molar-refractivity contribution in [1.82, 2.24) is 4.90 Å². The molecule has 20 heavy (non-hydrogen) atoms. The molecule has 1 aliphatic heterocycles. The van der Waals surface area contributed by atoms with Crippen LogP contribution in [0.3, 0.4) is 0 Å². The molecule has 0 N–H and O–H groups in total. The molecule has 0 aliphatic carbocycles. The monoisotopic (exact) mass is 272 g/mol. The highest BCUT2D eigenvalue weighted by Gasteiger charge is 2.32. The summed E-state index contributed by atoms with van der Waals surface area (Å²) in [6.07, 6.45) is 1.13. The van der Waals surface area contributed by atoms with E-state index in [0.717, 1.165) is 26.1 Å². The first-order chi connectivity index (χ1) is 9.72. The van der Waals surface area contributed by atoms with E-state index in [0.29, 0.717) is 6.42 Å². The van der Waals surface area contributed by atoms with Crippen molar-refractivity contribution in [3.05, 3.63) is 35.9 Å². The molecule has 0 saturated carbocycles. The third-order valence-corrected chi connectivity index (χ3v) is 3.88. The Hall–Kier alpha value is -1.86. The summed E-state index contributed by atoms with van der Waals surface area (Å²) in [5, 5.41) is 9.25. The van der Waals surface area contributed by atoms with Gasteiger partial charge >= 0.3 is 5.97 Å². The molecule has 1 aliphatic rings. The number of hydrogen-bond acceptors (Lipinski definition) is 4. The summed E-state index contributed by atoms with van der Waals surface area (Å²) in [5.41, 5.74) is 1.26. The molecule has 106 valence electrons. The summed E-state index contributed by atoms with van der Waals surface area (Å²) in [4.78, 5) is 13.5. The maximum absolute atomic E-state index is 11.2. The third-order valence-electron chi connectivity index (χ3n) is 3.88. The minimum Gasteiger partial charge on any atom is -0.469 e. The Morgan fingerprint density at radius 1 is 1.40 bits per heavy atom. The summed E-state index contributed by atoms with van der Waals surface area (Å²) in [6.45, 7) is 2.54. The van der Waals surface area contributed by atoms with Crippen molar-refractivity contribution in [2.24, 2.45) is 11.8 Å². The molecule has 1 fully saturated rings. The van der Waals surface area contributed by atoms with E-state index in [1.54, 1.807) is 0 Å². The average Bonchev–Trinajstić information content (AvgIpc) is 2.87. The van der Waals surface area contributed by atoms with Crippen molar-refractivity contribution in [3.8, 4) is 6.07 Å². The van der Waals surface area contributed by atoms with Gasteiger partial charge < -0.3 is 4.74 Å². The largest absolute Gasteiger partial charge is 0.469 e. The lowest BCUT2D eigenvalue weighted by atomic mass is 9.93. The minimum absolute atomic E-state index is 0.0170. The molecule has 4 heteroatoms. The number of carbonyl (C=O) groups is 1. The Balaban J connectivity index is 1.89. The van der Waals surface area contributed by atoms with Crippen LogP contribution < -0.4 is 0 Å². The number of nitrogens with zero attached hydrogens (tertiary/aromatic N) is 2. The molecule has 2 unspecified atom stereocenters. The molecule has 0 radical (unpaired) electrons. The maximum Gasteiger partial charge on any atom is 0.305 e. The van der Waals surface area contributed by atoms with Crippen molar-refractivity contribution in [1.29, 1.82) is 5.26 Å². The number of benzene rings is 1. The van der Waals surface area contributed by atoms with Crippen LogP contribution in [0.1, 0.15) is 18.4 Å². The minimum atomic E-state index is -0.191. The van der Waals surface area contributed by atoms with E-state index in [2.05, 4.69) is 27.8 Å². The van der Waals surface area contributed by atoms with Crippen molar-refractivity contribution in [2.75, 3.05) is 20.2 Å². The van der Waals surface area contributed by atoms with Gasteiger partial charge in [-0.25, -0.2) is 0 Å². The first kappa shape index (κ1) is 14.5.